The maximum absolute atomic E-state index is 10.5. The predicted octanol–water partition coefficient (Wildman–Crippen LogP) is 0.446. The highest BCUT2D eigenvalue weighted by molar-refractivity contribution is 7.89. The molecule has 0 saturated heterocycles. The maximum atomic E-state index is 10.5. The van der Waals surface area contributed by atoms with Crippen LogP contribution in [0.3, 0.4) is 0 Å². The number of nitrogens with zero attached hydrogens (tertiary/aromatic N) is 1. The van der Waals surface area contributed by atoms with E-state index in [1.54, 1.807) is 6.92 Å². The van der Waals surface area contributed by atoms with E-state index in [9.17, 15) is 8.42 Å². The largest absolute Gasteiger partial charge is 0.383 e. The Hall–Kier alpha value is -0.550. The minimum Gasteiger partial charge on any atom is -0.383 e. The first-order valence-corrected chi connectivity index (χ1v) is 4.93. The van der Waals surface area contributed by atoms with Gasteiger partial charge in [-0.2, -0.15) is 0 Å². The van der Waals surface area contributed by atoms with Crippen molar-refractivity contribution < 1.29 is 8.42 Å². The Labute approximate surface area is 70.8 Å². The molecule has 0 heterocycles. The van der Waals surface area contributed by atoms with Gasteiger partial charge in [-0.15, -0.1) is 4.40 Å². The molecule has 0 saturated carbocycles. The SMILES string of the molecule is C/C(Cl)=C\C(N)=N/S(C)(=O)=O. The summed E-state index contributed by atoms with van der Waals surface area (Å²) in [6.45, 7) is 1.58. The summed E-state index contributed by atoms with van der Waals surface area (Å²) in [5.41, 5.74) is 5.17. The highest BCUT2D eigenvalue weighted by Gasteiger charge is 1.96. The fourth-order valence-corrected chi connectivity index (χ4v) is 0.969. The van der Waals surface area contributed by atoms with Crippen LogP contribution < -0.4 is 5.73 Å². The standard InChI is InChI=1S/C5H9ClN2O2S/c1-4(6)3-5(7)8-11(2,9)10/h3H,1-2H3,(H2,7,8)/b4-3+. The fourth-order valence-electron chi connectivity index (χ4n) is 0.422. The summed E-state index contributed by atoms with van der Waals surface area (Å²) in [6.07, 6.45) is 2.22. The van der Waals surface area contributed by atoms with Gasteiger partial charge in [0, 0.05) is 5.03 Å². The third-order valence-electron chi connectivity index (χ3n) is 0.618. The van der Waals surface area contributed by atoms with Crippen LogP contribution in [0, 0.1) is 0 Å². The van der Waals surface area contributed by atoms with Crippen molar-refractivity contribution in [3.05, 3.63) is 11.1 Å². The van der Waals surface area contributed by atoms with E-state index in [2.05, 4.69) is 4.40 Å². The van der Waals surface area contributed by atoms with Gasteiger partial charge >= 0.3 is 0 Å². The molecule has 0 rings (SSSR count). The molecule has 0 aromatic carbocycles. The molecule has 2 N–H and O–H groups in total. The Morgan fingerprint density at radius 1 is 1.64 bits per heavy atom. The highest BCUT2D eigenvalue weighted by Crippen LogP contribution is 1.97. The van der Waals surface area contributed by atoms with Gasteiger partial charge in [0.1, 0.15) is 5.84 Å². The summed E-state index contributed by atoms with van der Waals surface area (Å²) in [5.74, 6) is -0.111. The van der Waals surface area contributed by atoms with E-state index in [4.69, 9.17) is 17.3 Å². The smallest absolute Gasteiger partial charge is 0.252 e. The molecule has 0 atom stereocenters. The second kappa shape index (κ2) is 3.73. The molecule has 64 valence electrons. The first-order chi connectivity index (χ1) is 4.81. The van der Waals surface area contributed by atoms with Crippen molar-refractivity contribution in [2.75, 3.05) is 6.26 Å². The molecule has 0 aromatic rings. The van der Waals surface area contributed by atoms with Crippen LogP contribution >= 0.6 is 11.6 Å². The Kier molecular flexibility index (Phi) is 3.54. The Balaban J connectivity index is 4.64. The van der Waals surface area contributed by atoms with Gasteiger partial charge in [-0.1, -0.05) is 11.6 Å². The molecule has 0 fully saturated rings. The molecule has 11 heavy (non-hydrogen) atoms. The van der Waals surface area contributed by atoms with E-state index in [0.29, 0.717) is 5.03 Å². The average Bonchev–Trinajstić information content (AvgIpc) is 1.53. The minimum absolute atomic E-state index is 0.111. The normalized spacial score (nSPS) is 15.2. The van der Waals surface area contributed by atoms with Gasteiger partial charge in [-0.05, 0) is 13.0 Å². The van der Waals surface area contributed by atoms with Crippen LogP contribution in [0.4, 0.5) is 0 Å². The summed E-state index contributed by atoms with van der Waals surface area (Å²) in [6, 6.07) is 0. The van der Waals surface area contributed by atoms with E-state index < -0.39 is 10.0 Å². The molecular formula is C5H9ClN2O2S. The van der Waals surface area contributed by atoms with Crippen molar-refractivity contribution in [1.82, 2.24) is 0 Å². The van der Waals surface area contributed by atoms with Crippen LogP contribution in [0.2, 0.25) is 0 Å². The third kappa shape index (κ3) is 7.35. The summed E-state index contributed by atoms with van der Waals surface area (Å²) < 4.78 is 24.1. The number of rotatable bonds is 2. The zero-order valence-electron chi connectivity index (χ0n) is 6.20. The summed E-state index contributed by atoms with van der Waals surface area (Å²) in [7, 11) is -3.41. The molecule has 0 aliphatic heterocycles. The Morgan fingerprint density at radius 3 is 2.36 bits per heavy atom. The molecule has 0 bridgehead atoms. The number of allylic oxidation sites excluding steroid dienone is 1. The van der Waals surface area contributed by atoms with Gasteiger partial charge in [-0.3, -0.25) is 0 Å². The number of hydrogen-bond acceptors (Lipinski definition) is 2. The minimum atomic E-state index is -3.41. The van der Waals surface area contributed by atoms with Crippen LogP contribution in [0.15, 0.2) is 15.5 Å². The van der Waals surface area contributed by atoms with Gasteiger partial charge in [-0.25, -0.2) is 8.42 Å². The second-order valence-corrected chi connectivity index (χ2v) is 4.23. The van der Waals surface area contributed by atoms with E-state index in [-0.39, 0.29) is 5.84 Å². The molecule has 0 radical (unpaired) electrons. The molecule has 0 aliphatic rings. The van der Waals surface area contributed by atoms with Crippen molar-refractivity contribution in [1.29, 1.82) is 0 Å². The molecule has 0 aromatic heterocycles. The number of halogens is 1. The number of amidine groups is 1. The van der Waals surface area contributed by atoms with Crippen molar-refractivity contribution in [2.45, 2.75) is 6.92 Å². The van der Waals surface area contributed by atoms with Gasteiger partial charge in [0.2, 0.25) is 0 Å². The van der Waals surface area contributed by atoms with Crippen molar-refractivity contribution >= 4 is 27.5 Å². The molecule has 0 unspecified atom stereocenters. The quantitative estimate of drug-likeness (QED) is 0.515. The summed E-state index contributed by atoms with van der Waals surface area (Å²) >= 11 is 5.41. The van der Waals surface area contributed by atoms with Gasteiger partial charge in [0.15, 0.2) is 0 Å². The lowest BCUT2D eigenvalue weighted by Crippen LogP contribution is -2.10. The molecule has 4 nitrogen and oxygen atoms in total. The molecule has 6 heteroatoms. The van der Waals surface area contributed by atoms with Crippen LogP contribution in [0.25, 0.3) is 0 Å². The van der Waals surface area contributed by atoms with Gasteiger partial charge in [0.05, 0.1) is 6.26 Å². The van der Waals surface area contributed by atoms with Gasteiger partial charge < -0.3 is 5.73 Å². The first kappa shape index (κ1) is 10.4. The van der Waals surface area contributed by atoms with E-state index in [1.807, 2.05) is 0 Å². The molecule has 0 aliphatic carbocycles. The van der Waals surface area contributed by atoms with E-state index in [0.717, 1.165) is 6.26 Å². The zero-order chi connectivity index (χ0) is 9.07. The van der Waals surface area contributed by atoms with E-state index in [1.165, 1.54) is 6.08 Å². The lowest BCUT2D eigenvalue weighted by atomic mass is 10.5. The summed E-state index contributed by atoms with van der Waals surface area (Å²) in [5, 5.41) is 0.384. The molecular weight excluding hydrogens is 188 g/mol. The Bertz CT molecular complexity index is 288. The number of nitrogens with two attached hydrogens (primary N) is 1. The van der Waals surface area contributed by atoms with Crippen molar-refractivity contribution in [2.24, 2.45) is 10.1 Å². The monoisotopic (exact) mass is 196 g/mol. The van der Waals surface area contributed by atoms with Crippen LogP contribution in [0.1, 0.15) is 6.92 Å². The first-order valence-electron chi connectivity index (χ1n) is 2.70. The topological polar surface area (TPSA) is 72.5 Å². The molecule has 0 spiro atoms. The fraction of sp³-hybridized carbons (Fsp3) is 0.400. The second-order valence-electron chi connectivity index (χ2n) is 1.98. The number of sulfonamides is 1. The zero-order valence-corrected chi connectivity index (χ0v) is 7.78. The van der Waals surface area contributed by atoms with Crippen LogP contribution in [-0.4, -0.2) is 20.5 Å². The summed E-state index contributed by atoms with van der Waals surface area (Å²) in [4.78, 5) is 0. The highest BCUT2D eigenvalue weighted by atomic mass is 35.5. The van der Waals surface area contributed by atoms with Crippen molar-refractivity contribution in [3.8, 4) is 0 Å². The Morgan fingerprint density at radius 2 is 2.09 bits per heavy atom. The average molecular weight is 197 g/mol. The lowest BCUT2D eigenvalue weighted by Gasteiger charge is -1.90. The van der Waals surface area contributed by atoms with E-state index >= 15 is 0 Å². The van der Waals surface area contributed by atoms with Gasteiger partial charge in [0.25, 0.3) is 10.0 Å². The predicted molar refractivity (Wildman–Crippen MR) is 46.1 cm³/mol. The lowest BCUT2D eigenvalue weighted by molar-refractivity contribution is 0.604. The maximum Gasteiger partial charge on any atom is 0.252 e. The number of hydrogen-bond donors (Lipinski definition) is 1. The third-order valence-corrected chi connectivity index (χ3v) is 1.27. The van der Waals surface area contributed by atoms with Crippen molar-refractivity contribution in [3.63, 3.8) is 0 Å². The van der Waals surface area contributed by atoms with Crippen LogP contribution in [-0.2, 0) is 10.0 Å². The van der Waals surface area contributed by atoms with Crippen LogP contribution in [0.5, 0.6) is 0 Å². The molecule has 0 amide bonds.